The predicted molar refractivity (Wildman–Crippen MR) is 130 cm³/mol. The van der Waals surface area contributed by atoms with Crippen LogP contribution in [0.2, 0.25) is 0 Å². The van der Waals surface area contributed by atoms with Gasteiger partial charge in [0.2, 0.25) is 0 Å². The zero-order chi connectivity index (χ0) is 22.1. The van der Waals surface area contributed by atoms with Crippen LogP contribution >= 0.6 is 0 Å². The number of ether oxygens (including phenoxy) is 1. The number of para-hydroxylation sites is 2. The lowest BCUT2D eigenvalue weighted by Gasteiger charge is -2.35. The molecule has 1 aliphatic rings. The molecule has 0 radical (unpaired) electrons. The van der Waals surface area contributed by atoms with Crippen molar-refractivity contribution in [2.45, 2.75) is 39.0 Å². The van der Waals surface area contributed by atoms with Gasteiger partial charge in [0.25, 0.3) is 0 Å². The van der Waals surface area contributed by atoms with Crippen LogP contribution in [0.15, 0.2) is 72.0 Å². The van der Waals surface area contributed by atoms with Crippen LogP contribution in [0.1, 0.15) is 29.2 Å². The summed E-state index contributed by atoms with van der Waals surface area (Å²) in [6.07, 6.45) is 2.93. The van der Waals surface area contributed by atoms with E-state index in [-0.39, 0.29) is 0 Å². The normalized spacial score (nSPS) is 16.1. The first kappa shape index (κ1) is 20.5. The van der Waals surface area contributed by atoms with Gasteiger partial charge in [-0.1, -0.05) is 24.3 Å². The predicted octanol–water partition coefficient (Wildman–Crippen LogP) is 5.18. The van der Waals surface area contributed by atoms with Crippen molar-refractivity contribution in [3.05, 3.63) is 89.2 Å². The van der Waals surface area contributed by atoms with E-state index in [4.69, 9.17) is 4.74 Å². The minimum atomic E-state index is 0.457. The fraction of sp³-hybridized carbons (Fsp3) is 0.259. The maximum atomic E-state index is 5.62. The van der Waals surface area contributed by atoms with E-state index in [0.717, 1.165) is 47.5 Å². The Kier molecular flexibility index (Phi) is 5.50. The van der Waals surface area contributed by atoms with Crippen LogP contribution in [0, 0.1) is 0 Å². The quantitative estimate of drug-likeness (QED) is 0.401. The molecule has 32 heavy (non-hydrogen) atoms. The maximum absolute atomic E-state index is 5.62. The summed E-state index contributed by atoms with van der Waals surface area (Å²) in [5.74, 6) is 0.902. The minimum absolute atomic E-state index is 0.457. The van der Waals surface area contributed by atoms with Crippen molar-refractivity contribution in [2.24, 2.45) is 4.99 Å². The highest BCUT2D eigenvalue weighted by Gasteiger charge is 2.24. The molecule has 0 N–H and O–H groups in total. The number of hydrogen-bond acceptors (Lipinski definition) is 4. The molecule has 0 fully saturated rings. The van der Waals surface area contributed by atoms with Crippen LogP contribution in [-0.2, 0) is 26.1 Å². The van der Waals surface area contributed by atoms with Gasteiger partial charge in [-0.05, 0) is 73.2 Å². The maximum Gasteiger partial charge on any atom is 0.124 e. The largest absolute Gasteiger partial charge is 0.496 e. The first-order valence-electron chi connectivity index (χ1n) is 11.0. The van der Waals surface area contributed by atoms with Crippen LogP contribution in [0.25, 0.3) is 16.7 Å². The van der Waals surface area contributed by atoms with E-state index >= 15 is 0 Å². The highest BCUT2D eigenvalue weighted by Crippen LogP contribution is 2.31. The van der Waals surface area contributed by atoms with E-state index in [1.807, 2.05) is 18.5 Å². The summed E-state index contributed by atoms with van der Waals surface area (Å²) < 4.78 is 7.78. The Labute approximate surface area is 189 Å². The lowest BCUT2D eigenvalue weighted by molar-refractivity contribution is 0.175. The lowest BCUT2D eigenvalue weighted by atomic mass is 9.92. The van der Waals surface area contributed by atoms with E-state index in [9.17, 15) is 0 Å². The van der Waals surface area contributed by atoms with Crippen molar-refractivity contribution in [1.82, 2.24) is 14.5 Å². The topological polar surface area (TPSA) is 42.6 Å². The summed E-state index contributed by atoms with van der Waals surface area (Å²) in [6.45, 7) is 8.35. The van der Waals surface area contributed by atoms with Crippen LogP contribution < -0.4 is 4.74 Å². The first-order valence-corrected chi connectivity index (χ1v) is 11.0. The molecule has 1 unspecified atom stereocenters. The van der Waals surface area contributed by atoms with Crippen LogP contribution in [0.3, 0.4) is 0 Å². The molecule has 1 aromatic heterocycles. The summed E-state index contributed by atoms with van der Waals surface area (Å²) in [5.41, 5.74) is 8.43. The second-order valence-electron chi connectivity index (χ2n) is 8.55. The zero-order valence-corrected chi connectivity index (χ0v) is 18.7. The Bertz CT molecular complexity index is 1280. The summed E-state index contributed by atoms with van der Waals surface area (Å²) >= 11 is 0. The first-order chi connectivity index (χ1) is 15.7. The van der Waals surface area contributed by atoms with Crippen molar-refractivity contribution < 1.29 is 4.74 Å². The van der Waals surface area contributed by atoms with Gasteiger partial charge in [-0.25, -0.2) is 4.98 Å². The molecule has 3 aromatic carbocycles. The molecule has 0 spiro atoms. The average Bonchev–Trinajstić information content (AvgIpc) is 3.24. The van der Waals surface area contributed by atoms with Gasteiger partial charge in [0.15, 0.2) is 0 Å². The number of nitrogens with zero attached hydrogens (tertiary/aromatic N) is 4. The van der Waals surface area contributed by atoms with Gasteiger partial charge in [0, 0.05) is 30.4 Å². The molecule has 0 amide bonds. The molecule has 4 aromatic rings. The minimum Gasteiger partial charge on any atom is -0.496 e. The van der Waals surface area contributed by atoms with Crippen LogP contribution in [0.4, 0.5) is 0 Å². The second-order valence-corrected chi connectivity index (χ2v) is 8.55. The van der Waals surface area contributed by atoms with E-state index in [1.54, 1.807) is 7.11 Å². The Hall–Kier alpha value is -3.44. The van der Waals surface area contributed by atoms with E-state index in [2.05, 4.69) is 81.6 Å². The third-order valence-corrected chi connectivity index (χ3v) is 6.42. The number of rotatable bonds is 6. The number of aliphatic imine (C=N–C) groups is 1. The number of aromatic nitrogens is 2. The molecule has 0 saturated heterocycles. The Morgan fingerprint density at radius 1 is 1.09 bits per heavy atom. The van der Waals surface area contributed by atoms with Gasteiger partial charge in [-0.15, -0.1) is 0 Å². The molecule has 1 atom stereocenters. The molecule has 162 valence electrons. The number of hydrogen-bond donors (Lipinski definition) is 0. The standard InChI is InChI=1S/C27H28N4O/c1-19-11-21-13-22(15-28-2)27(32-3)14-23(21)17-30(19)16-20-7-6-8-24(12-20)31-18-29-25-9-4-5-10-26(25)31/h4-10,12-14,18-19H,2,11,15-17H2,1,3H3. The fourth-order valence-electron chi connectivity index (χ4n) is 4.73. The monoisotopic (exact) mass is 424 g/mol. The molecule has 5 nitrogen and oxygen atoms in total. The number of fused-ring (bicyclic) bond motifs is 2. The van der Waals surface area contributed by atoms with Crippen molar-refractivity contribution >= 4 is 17.8 Å². The molecule has 0 bridgehead atoms. The molecule has 1 aliphatic heterocycles. The van der Waals surface area contributed by atoms with Gasteiger partial charge in [-0.2, -0.15) is 0 Å². The van der Waals surface area contributed by atoms with Crippen LogP contribution in [0.5, 0.6) is 5.75 Å². The highest BCUT2D eigenvalue weighted by atomic mass is 16.5. The number of imidazole rings is 1. The van der Waals surface area contributed by atoms with E-state index < -0.39 is 0 Å². The molecule has 5 heteroatoms. The van der Waals surface area contributed by atoms with Gasteiger partial charge < -0.3 is 4.74 Å². The van der Waals surface area contributed by atoms with Crippen molar-refractivity contribution in [3.63, 3.8) is 0 Å². The zero-order valence-electron chi connectivity index (χ0n) is 18.7. The van der Waals surface area contributed by atoms with Crippen LogP contribution in [-0.4, -0.2) is 34.3 Å². The lowest BCUT2D eigenvalue weighted by Crippen LogP contribution is -2.37. The van der Waals surface area contributed by atoms with Crippen molar-refractivity contribution in [1.29, 1.82) is 0 Å². The van der Waals surface area contributed by atoms with E-state index in [1.165, 1.54) is 16.7 Å². The summed E-state index contributed by atoms with van der Waals surface area (Å²) in [7, 11) is 1.73. The summed E-state index contributed by atoms with van der Waals surface area (Å²) in [5, 5.41) is 0. The third kappa shape index (κ3) is 3.80. The highest BCUT2D eigenvalue weighted by molar-refractivity contribution is 5.77. The van der Waals surface area contributed by atoms with Crippen molar-refractivity contribution in [3.8, 4) is 11.4 Å². The fourth-order valence-corrected chi connectivity index (χ4v) is 4.73. The van der Waals surface area contributed by atoms with Gasteiger partial charge in [0.05, 0.1) is 24.7 Å². The third-order valence-electron chi connectivity index (χ3n) is 6.42. The molecule has 5 rings (SSSR count). The molecule has 0 saturated carbocycles. The van der Waals surface area contributed by atoms with Gasteiger partial charge in [0.1, 0.15) is 12.1 Å². The summed E-state index contributed by atoms with van der Waals surface area (Å²) in [4.78, 5) is 11.1. The Morgan fingerprint density at radius 2 is 1.97 bits per heavy atom. The molecule has 0 aliphatic carbocycles. The number of methoxy groups -OCH3 is 1. The molecular formula is C27H28N4O. The molecule has 2 heterocycles. The van der Waals surface area contributed by atoms with Gasteiger partial charge >= 0.3 is 0 Å². The smallest absolute Gasteiger partial charge is 0.124 e. The average molecular weight is 425 g/mol. The number of benzene rings is 3. The SMILES string of the molecule is C=NCc1cc2c(cc1OC)CN(Cc1cccc(-n3cnc4ccccc43)c1)C(C)C2. The molecular weight excluding hydrogens is 396 g/mol. The Balaban J connectivity index is 1.40. The van der Waals surface area contributed by atoms with Crippen molar-refractivity contribution in [2.75, 3.05) is 7.11 Å². The second kappa shape index (κ2) is 8.60. The Morgan fingerprint density at radius 3 is 2.81 bits per heavy atom. The summed E-state index contributed by atoms with van der Waals surface area (Å²) in [6, 6.07) is 21.9. The van der Waals surface area contributed by atoms with E-state index in [0.29, 0.717) is 12.6 Å². The van der Waals surface area contributed by atoms with Gasteiger partial charge in [-0.3, -0.25) is 14.5 Å².